The fourth-order valence-corrected chi connectivity index (χ4v) is 2.11. The van der Waals surface area contributed by atoms with Gasteiger partial charge in [0, 0.05) is 17.5 Å². The standard InChI is InChI=1S/C16H17NO/c1-3-4-5-10-16(18)14-11-12(2)17-15-9-7-6-8-13(14)15/h6-9,11,16,18H,5,10H2,1-2H3. The molecule has 1 N–H and O–H groups in total. The molecular formula is C16H17NO. The van der Waals surface area contributed by atoms with Gasteiger partial charge in [-0.3, -0.25) is 4.98 Å². The van der Waals surface area contributed by atoms with E-state index in [4.69, 9.17) is 0 Å². The molecule has 0 aliphatic rings. The molecule has 0 fully saturated rings. The largest absolute Gasteiger partial charge is 0.388 e. The maximum absolute atomic E-state index is 10.3. The van der Waals surface area contributed by atoms with E-state index in [1.165, 1.54) is 0 Å². The van der Waals surface area contributed by atoms with Gasteiger partial charge < -0.3 is 5.11 Å². The third-order valence-corrected chi connectivity index (χ3v) is 2.95. The van der Waals surface area contributed by atoms with Gasteiger partial charge in [0.05, 0.1) is 11.6 Å². The molecule has 18 heavy (non-hydrogen) atoms. The molecule has 0 bridgehead atoms. The number of aliphatic hydroxyl groups is 1. The minimum atomic E-state index is -0.475. The summed E-state index contributed by atoms with van der Waals surface area (Å²) in [6, 6.07) is 9.89. The van der Waals surface area contributed by atoms with E-state index in [2.05, 4.69) is 16.8 Å². The van der Waals surface area contributed by atoms with Crippen LogP contribution in [0.4, 0.5) is 0 Å². The summed E-state index contributed by atoms with van der Waals surface area (Å²) >= 11 is 0. The summed E-state index contributed by atoms with van der Waals surface area (Å²) in [6.07, 6.45) is 0.902. The highest BCUT2D eigenvalue weighted by atomic mass is 16.3. The van der Waals surface area contributed by atoms with Crippen molar-refractivity contribution in [3.63, 3.8) is 0 Å². The molecule has 1 aromatic carbocycles. The zero-order valence-electron chi connectivity index (χ0n) is 10.8. The van der Waals surface area contributed by atoms with E-state index in [-0.39, 0.29) is 0 Å². The third-order valence-electron chi connectivity index (χ3n) is 2.95. The van der Waals surface area contributed by atoms with Crippen molar-refractivity contribution >= 4 is 10.9 Å². The van der Waals surface area contributed by atoms with Crippen molar-refractivity contribution in [1.82, 2.24) is 4.98 Å². The van der Waals surface area contributed by atoms with Crippen LogP contribution in [-0.4, -0.2) is 10.1 Å². The van der Waals surface area contributed by atoms with Crippen LogP contribution in [0, 0.1) is 18.8 Å². The number of aliphatic hydroxyl groups excluding tert-OH is 1. The van der Waals surface area contributed by atoms with Crippen LogP contribution in [0.2, 0.25) is 0 Å². The van der Waals surface area contributed by atoms with E-state index in [0.717, 1.165) is 22.2 Å². The lowest BCUT2D eigenvalue weighted by atomic mass is 10.00. The highest BCUT2D eigenvalue weighted by Crippen LogP contribution is 2.26. The number of rotatable bonds is 3. The Balaban J connectivity index is 2.38. The van der Waals surface area contributed by atoms with E-state index in [9.17, 15) is 5.11 Å². The lowest BCUT2D eigenvalue weighted by Gasteiger charge is -2.13. The predicted molar refractivity (Wildman–Crippen MR) is 74.1 cm³/mol. The van der Waals surface area contributed by atoms with Gasteiger partial charge in [0.15, 0.2) is 0 Å². The van der Waals surface area contributed by atoms with Crippen LogP contribution in [0.5, 0.6) is 0 Å². The number of hydrogen-bond donors (Lipinski definition) is 1. The van der Waals surface area contributed by atoms with Crippen LogP contribution >= 0.6 is 0 Å². The van der Waals surface area contributed by atoms with Crippen molar-refractivity contribution in [2.24, 2.45) is 0 Å². The third kappa shape index (κ3) is 2.69. The van der Waals surface area contributed by atoms with Gasteiger partial charge in [0.1, 0.15) is 0 Å². The van der Waals surface area contributed by atoms with Crippen molar-refractivity contribution in [3.05, 3.63) is 41.6 Å². The van der Waals surface area contributed by atoms with Gasteiger partial charge in [-0.15, -0.1) is 11.8 Å². The summed E-state index contributed by atoms with van der Waals surface area (Å²) in [5.74, 6) is 5.84. The van der Waals surface area contributed by atoms with Gasteiger partial charge in [-0.05, 0) is 38.0 Å². The summed E-state index contributed by atoms with van der Waals surface area (Å²) in [5, 5.41) is 11.3. The van der Waals surface area contributed by atoms with Crippen LogP contribution in [0.1, 0.15) is 37.1 Å². The van der Waals surface area contributed by atoms with Crippen LogP contribution < -0.4 is 0 Å². The number of benzene rings is 1. The van der Waals surface area contributed by atoms with E-state index < -0.39 is 6.10 Å². The first-order chi connectivity index (χ1) is 8.72. The van der Waals surface area contributed by atoms with Crippen molar-refractivity contribution in [2.75, 3.05) is 0 Å². The topological polar surface area (TPSA) is 33.1 Å². The van der Waals surface area contributed by atoms with Gasteiger partial charge in [-0.1, -0.05) is 18.2 Å². The molecule has 2 aromatic rings. The normalized spacial score (nSPS) is 11.9. The molecule has 0 radical (unpaired) electrons. The average molecular weight is 239 g/mol. The lowest BCUT2D eigenvalue weighted by Crippen LogP contribution is -2.00. The Morgan fingerprint density at radius 3 is 2.89 bits per heavy atom. The molecule has 0 aliphatic carbocycles. The highest BCUT2D eigenvalue weighted by Gasteiger charge is 2.11. The Labute approximate surface area is 108 Å². The first-order valence-electron chi connectivity index (χ1n) is 6.16. The molecule has 2 heteroatoms. The molecule has 0 spiro atoms. The van der Waals surface area contributed by atoms with Gasteiger partial charge in [-0.2, -0.15) is 0 Å². The molecular weight excluding hydrogens is 222 g/mol. The Hall–Kier alpha value is -1.85. The minimum absolute atomic E-state index is 0.475. The molecule has 0 saturated heterocycles. The van der Waals surface area contributed by atoms with E-state index in [1.807, 2.05) is 44.2 Å². The smallest absolute Gasteiger partial charge is 0.0806 e. The van der Waals surface area contributed by atoms with Crippen molar-refractivity contribution in [3.8, 4) is 11.8 Å². The molecule has 0 amide bonds. The summed E-state index contributed by atoms with van der Waals surface area (Å²) in [5.41, 5.74) is 2.83. The highest BCUT2D eigenvalue weighted by molar-refractivity contribution is 5.82. The molecule has 1 aromatic heterocycles. The van der Waals surface area contributed by atoms with Gasteiger partial charge in [0.2, 0.25) is 0 Å². The number of aryl methyl sites for hydroxylation is 1. The molecule has 1 unspecified atom stereocenters. The second-order valence-corrected chi connectivity index (χ2v) is 4.35. The van der Waals surface area contributed by atoms with Crippen LogP contribution in [0.3, 0.4) is 0 Å². The van der Waals surface area contributed by atoms with Gasteiger partial charge in [-0.25, -0.2) is 0 Å². The average Bonchev–Trinajstić information content (AvgIpc) is 2.38. The quantitative estimate of drug-likeness (QED) is 0.833. The summed E-state index contributed by atoms with van der Waals surface area (Å²) < 4.78 is 0. The first-order valence-corrected chi connectivity index (χ1v) is 6.16. The Morgan fingerprint density at radius 2 is 2.11 bits per heavy atom. The molecule has 2 rings (SSSR count). The van der Waals surface area contributed by atoms with Crippen LogP contribution in [0.15, 0.2) is 30.3 Å². The van der Waals surface area contributed by atoms with Crippen molar-refractivity contribution in [1.29, 1.82) is 0 Å². The Morgan fingerprint density at radius 1 is 1.33 bits per heavy atom. The SMILES string of the molecule is CC#CCCC(O)c1cc(C)nc2ccccc12. The summed E-state index contributed by atoms with van der Waals surface area (Å²) in [6.45, 7) is 3.77. The second kappa shape index (κ2) is 5.66. The maximum atomic E-state index is 10.3. The van der Waals surface area contributed by atoms with E-state index in [0.29, 0.717) is 12.8 Å². The molecule has 2 nitrogen and oxygen atoms in total. The minimum Gasteiger partial charge on any atom is -0.388 e. The Bertz CT molecular complexity index is 607. The zero-order valence-corrected chi connectivity index (χ0v) is 10.8. The van der Waals surface area contributed by atoms with Gasteiger partial charge >= 0.3 is 0 Å². The summed E-state index contributed by atoms with van der Waals surface area (Å²) in [4.78, 5) is 4.48. The molecule has 0 saturated carbocycles. The number of pyridine rings is 1. The lowest BCUT2D eigenvalue weighted by molar-refractivity contribution is 0.171. The first kappa shape index (κ1) is 12.6. The number of para-hydroxylation sites is 1. The fourth-order valence-electron chi connectivity index (χ4n) is 2.11. The molecule has 1 atom stereocenters. The molecule has 0 aliphatic heterocycles. The number of nitrogens with zero attached hydrogens (tertiary/aromatic N) is 1. The van der Waals surface area contributed by atoms with Crippen molar-refractivity contribution < 1.29 is 5.11 Å². The van der Waals surface area contributed by atoms with E-state index >= 15 is 0 Å². The predicted octanol–water partition coefficient (Wildman–Crippen LogP) is 3.38. The molecule has 92 valence electrons. The van der Waals surface area contributed by atoms with Crippen LogP contribution in [0.25, 0.3) is 10.9 Å². The second-order valence-electron chi connectivity index (χ2n) is 4.35. The number of fused-ring (bicyclic) bond motifs is 1. The maximum Gasteiger partial charge on any atom is 0.0806 e. The van der Waals surface area contributed by atoms with Crippen LogP contribution in [-0.2, 0) is 0 Å². The fraction of sp³-hybridized carbons (Fsp3) is 0.312. The monoisotopic (exact) mass is 239 g/mol. The van der Waals surface area contributed by atoms with Gasteiger partial charge in [0.25, 0.3) is 0 Å². The van der Waals surface area contributed by atoms with Crippen molar-refractivity contribution in [2.45, 2.75) is 32.8 Å². The number of hydrogen-bond acceptors (Lipinski definition) is 2. The summed E-state index contributed by atoms with van der Waals surface area (Å²) in [7, 11) is 0. The molecule has 1 heterocycles. The zero-order chi connectivity index (χ0) is 13.0. The van der Waals surface area contributed by atoms with E-state index in [1.54, 1.807) is 0 Å². The Kier molecular flexibility index (Phi) is 3.96. The number of aromatic nitrogens is 1.